The molecule has 0 aliphatic heterocycles. The van der Waals surface area contributed by atoms with Crippen LogP contribution in [0.4, 0.5) is 0 Å². The third kappa shape index (κ3) is 4.65. The van der Waals surface area contributed by atoms with Gasteiger partial charge in [-0.15, -0.1) is 0 Å². The Morgan fingerprint density at radius 3 is 2.41 bits per heavy atom. The van der Waals surface area contributed by atoms with Crippen LogP contribution >= 0.6 is 11.3 Å². The Morgan fingerprint density at radius 2 is 1.76 bits per heavy atom. The minimum Gasteiger partial charge on any atom is -0.493 e. The molecule has 0 atom stereocenters. The van der Waals surface area contributed by atoms with Crippen molar-refractivity contribution in [2.75, 3.05) is 20.8 Å². The van der Waals surface area contributed by atoms with Crippen molar-refractivity contribution < 1.29 is 23.8 Å². The standard InChI is InChI=1S/C21H22N2O5S/c1-4-28-19(24)10-11-23-15-12-16(26-2)17(27-3)13-18(15)29-21(23)22-20(25)14-8-6-5-7-9-14/h5-9,12-13H,4,10-11H2,1-3H3. The van der Waals surface area contributed by atoms with E-state index in [1.165, 1.54) is 11.3 Å². The summed E-state index contributed by atoms with van der Waals surface area (Å²) < 4.78 is 18.5. The van der Waals surface area contributed by atoms with Crippen molar-refractivity contribution in [3.8, 4) is 11.5 Å². The number of hydrogen-bond acceptors (Lipinski definition) is 6. The second-order valence-corrected chi connectivity index (χ2v) is 7.06. The van der Waals surface area contributed by atoms with Crippen molar-refractivity contribution >= 4 is 33.4 Å². The van der Waals surface area contributed by atoms with Gasteiger partial charge in [-0.1, -0.05) is 29.5 Å². The lowest BCUT2D eigenvalue weighted by Crippen LogP contribution is -2.19. The number of carbonyl (C=O) groups is 2. The number of aromatic nitrogens is 1. The van der Waals surface area contributed by atoms with E-state index in [-0.39, 0.29) is 18.3 Å². The van der Waals surface area contributed by atoms with E-state index < -0.39 is 0 Å². The molecule has 7 nitrogen and oxygen atoms in total. The lowest BCUT2D eigenvalue weighted by molar-refractivity contribution is -0.143. The van der Waals surface area contributed by atoms with Crippen molar-refractivity contribution in [2.24, 2.45) is 4.99 Å². The van der Waals surface area contributed by atoms with Gasteiger partial charge >= 0.3 is 5.97 Å². The smallest absolute Gasteiger partial charge is 0.307 e. The molecular weight excluding hydrogens is 392 g/mol. The summed E-state index contributed by atoms with van der Waals surface area (Å²) in [4.78, 5) is 29.3. The minimum atomic E-state index is -0.346. The quantitative estimate of drug-likeness (QED) is 0.554. The average molecular weight is 414 g/mol. The molecule has 29 heavy (non-hydrogen) atoms. The molecular formula is C21H22N2O5S. The summed E-state index contributed by atoms with van der Waals surface area (Å²) >= 11 is 1.35. The number of thiazole rings is 1. The summed E-state index contributed by atoms with van der Waals surface area (Å²) in [6, 6.07) is 12.5. The van der Waals surface area contributed by atoms with Crippen LogP contribution < -0.4 is 14.3 Å². The highest BCUT2D eigenvalue weighted by atomic mass is 32.1. The molecule has 1 heterocycles. The molecule has 0 spiro atoms. The molecule has 0 bridgehead atoms. The normalized spacial score (nSPS) is 11.5. The largest absolute Gasteiger partial charge is 0.493 e. The molecule has 0 saturated carbocycles. The Labute approximate surface area is 172 Å². The highest BCUT2D eigenvalue weighted by molar-refractivity contribution is 7.16. The van der Waals surface area contributed by atoms with E-state index in [0.29, 0.717) is 35.0 Å². The second-order valence-electron chi connectivity index (χ2n) is 6.05. The van der Waals surface area contributed by atoms with Gasteiger partial charge in [0.25, 0.3) is 5.91 Å². The number of amides is 1. The summed E-state index contributed by atoms with van der Waals surface area (Å²) in [5, 5.41) is 0. The molecule has 0 unspecified atom stereocenters. The van der Waals surface area contributed by atoms with Crippen LogP contribution in [0.25, 0.3) is 10.2 Å². The van der Waals surface area contributed by atoms with E-state index in [2.05, 4.69) is 4.99 Å². The topological polar surface area (TPSA) is 79.1 Å². The van der Waals surface area contributed by atoms with Crippen LogP contribution in [0.2, 0.25) is 0 Å². The van der Waals surface area contributed by atoms with Gasteiger partial charge in [-0.25, -0.2) is 0 Å². The number of carbonyl (C=O) groups excluding carboxylic acids is 2. The maximum Gasteiger partial charge on any atom is 0.307 e. The molecule has 3 aromatic rings. The molecule has 0 aliphatic rings. The summed E-state index contributed by atoms with van der Waals surface area (Å²) in [7, 11) is 3.12. The Balaban J connectivity index is 2.11. The first-order valence-electron chi connectivity index (χ1n) is 9.12. The SMILES string of the molecule is CCOC(=O)CCn1c(=NC(=O)c2ccccc2)sc2cc(OC)c(OC)cc21. The fraction of sp³-hybridized carbons (Fsp3) is 0.286. The van der Waals surface area contributed by atoms with Crippen LogP contribution in [0.1, 0.15) is 23.7 Å². The van der Waals surface area contributed by atoms with Crippen LogP contribution in [0.3, 0.4) is 0 Å². The van der Waals surface area contributed by atoms with Crippen molar-refractivity contribution in [1.82, 2.24) is 4.57 Å². The number of hydrogen-bond donors (Lipinski definition) is 0. The van der Waals surface area contributed by atoms with Gasteiger partial charge in [0.15, 0.2) is 16.3 Å². The lowest BCUT2D eigenvalue weighted by Gasteiger charge is -2.09. The van der Waals surface area contributed by atoms with Gasteiger partial charge in [0, 0.05) is 24.2 Å². The fourth-order valence-corrected chi connectivity index (χ4v) is 3.93. The Morgan fingerprint density at radius 1 is 1.07 bits per heavy atom. The number of nitrogens with zero attached hydrogens (tertiary/aromatic N) is 2. The number of ether oxygens (including phenoxy) is 3. The minimum absolute atomic E-state index is 0.167. The molecule has 0 N–H and O–H groups in total. The lowest BCUT2D eigenvalue weighted by atomic mass is 10.2. The molecule has 1 amide bonds. The van der Waals surface area contributed by atoms with Gasteiger partial charge in [-0.3, -0.25) is 9.59 Å². The van der Waals surface area contributed by atoms with Crippen molar-refractivity contribution in [1.29, 1.82) is 0 Å². The summed E-state index contributed by atoms with van der Waals surface area (Å²) in [5.41, 5.74) is 1.30. The average Bonchev–Trinajstić information content (AvgIpc) is 3.07. The molecule has 3 rings (SSSR count). The third-order valence-corrected chi connectivity index (χ3v) is 5.29. The highest BCUT2D eigenvalue weighted by Gasteiger charge is 2.15. The van der Waals surface area contributed by atoms with E-state index >= 15 is 0 Å². The number of methoxy groups -OCH3 is 2. The maximum atomic E-state index is 12.6. The third-order valence-electron chi connectivity index (χ3n) is 4.25. The van der Waals surface area contributed by atoms with Gasteiger partial charge in [0.2, 0.25) is 0 Å². The fourth-order valence-electron chi connectivity index (χ4n) is 2.87. The molecule has 0 fully saturated rings. The summed E-state index contributed by atoms with van der Waals surface area (Å²) in [5.74, 6) is 0.490. The zero-order valence-corrected chi connectivity index (χ0v) is 17.3. The highest BCUT2D eigenvalue weighted by Crippen LogP contribution is 2.33. The Bertz CT molecular complexity index is 1090. The first-order valence-corrected chi connectivity index (χ1v) is 9.94. The first kappa shape index (κ1) is 20.6. The zero-order chi connectivity index (χ0) is 20.8. The molecule has 0 aliphatic carbocycles. The molecule has 1 aromatic heterocycles. The number of esters is 1. The van der Waals surface area contributed by atoms with Crippen LogP contribution in [-0.4, -0.2) is 37.3 Å². The van der Waals surface area contributed by atoms with Crippen LogP contribution in [0, 0.1) is 0 Å². The molecule has 8 heteroatoms. The van der Waals surface area contributed by atoms with Gasteiger partial charge in [0.05, 0.1) is 37.5 Å². The molecule has 0 radical (unpaired) electrons. The van der Waals surface area contributed by atoms with Crippen LogP contribution in [0.15, 0.2) is 47.5 Å². The second kappa shape index (κ2) is 9.38. The zero-order valence-electron chi connectivity index (χ0n) is 16.5. The van der Waals surface area contributed by atoms with E-state index in [9.17, 15) is 9.59 Å². The van der Waals surface area contributed by atoms with Crippen molar-refractivity contribution in [3.05, 3.63) is 52.8 Å². The Hall–Kier alpha value is -3.13. The predicted octanol–water partition coefficient (Wildman–Crippen LogP) is 3.41. The summed E-state index contributed by atoms with van der Waals surface area (Å²) in [6.07, 6.45) is 0.167. The van der Waals surface area contributed by atoms with Crippen molar-refractivity contribution in [3.63, 3.8) is 0 Å². The number of fused-ring (bicyclic) bond motifs is 1. The van der Waals surface area contributed by atoms with Gasteiger partial charge in [0.1, 0.15) is 0 Å². The van der Waals surface area contributed by atoms with Crippen LogP contribution in [0.5, 0.6) is 11.5 Å². The molecule has 2 aromatic carbocycles. The van der Waals surface area contributed by atoms with E-state index in [0.717, 1.165) is 10.2 Å². The molecule has 0 saturated heterocycles. The Kier molecular flexibility index (Phi) is 6.66. The van der Waals surface area contributed by atoms with Crippen molar-refractivity contribution in [2.45, 2.75) is 19.9 Å². The summed E-state index contributed by atoms with van der Waals surface area (Å²) in [6.45, 7) is 2.42. The van der Waals surface area contributed by atoms with E-state index in [4.69, 9.17) is 14.2 Å². The monoisotopic (exact) mass is 414 g/mol. The predicted molar refractivity (Wildman–Crippen MR) is 111 cm³/mol. The van der Waals surface area contributed by atoms with Gasteiger partial charge in [-0.2, -0.15) is 4.99 Å². The van der Waals surface area contributed by atoms with Gasteiger partial charge in [-0.05, 0) is 19.1 Å². The molecule has 152 valence electrons. The van der Waals surface area contributed by atoms with E-state index in [1.54, 1.807) is 45.4 Å². The maximum absolute atomic E-state index is 12.6. The van der Waals surface area contributed by atoms with Gasteiger partial charge < -0.3 is 18.8 Å². The van der Waals surface area contributed by atoms with Crippen LogP contribution in [-0.2, 0) is 16.1 Å². The van der Waals surface area contributed by atoms with E-state index in [1.807, 2.05) is 22.8 Å². The first-order chi connectivity index (χ1) is 14.1. The number of rotatable bonds is 7. The number of benzene rings is 2. The number of aryl methyl sites for hydroxylation is 1.